The van der Waals surface area contributed by atoms with Gasteiger partial charge in [0.1, 0.15) is 0 Å². The van der Waals surface area contributed by atoms with Crippen molar-refractivity contribution in [3.8, 4) is 0 Å². The Kier molecular flexibility index (Phi) is 8.23. The number of halogens is 1. The zero-order valence-corrected chi connectivity index (χ0v) is 16.0. The minimum Gasteiger partial charge on any atom is -0.481 e. The lowest BCUT2D eigenvalue weighted by atomic mass is 9.73. The van der Waals surface area contributed by atoms with Crippen molar-refractivity contribution in [2.24, 2.45) is 5.41 Å². The van der Waals surface area contributed by atoms with E-state index in [0.717, 1.165) is 13.1 Å². The number of rotatable bonds is 11. The van der Waals surface area contributed by atoms with Crippen LogP contribution in [0.3, 0.4) is 0 Å². The number of carbonyl (C=O) groups excluding carboxylic acids is 3. The number of carbonyl (C=O) groups is 5. The highest BCUT2D eigenvalue weighted by atomic mass is 79.9. The number of Topliss-reactive ketones (excluding diaryl/α,β-unsaturated/α-hetero) is 2. The van der Waals surface area contributed by atoms with Crippen LogP contribution < -0.4 is 0 Å². The SMILES string of the molecule is CC(=O)OCC(=O)C(CCCCC(=O)O)(C(=O)O)C(=O)c1cncc(Br)c1. The number of carboxylic acid groups (broad SMARTS) is 2. The Morgan fingerprint density at radius 1 is 1.15 bits per heavy atom. The van der Waals surface area contributed by atoms with Gasteiger partial charge in [0.25, 0.3) is 0 Å². The van der Waals surface area contributed by atoms with Crippen LogP contribution in [0.15, 0.2) is 22.9 Å². The van der Waals surface area contributed by atoms with Crippen LogP contribution in [0.1, 0.15) is 43.0 Å². The van der Waals surface area contributed by atoms with Gasteiger partial charge >= 0.3 is 17.9 Å². The molecule has 27 heavy (non-hydrogen) atoms. The smallest absolute Gasteiger partial charge is 0.325 e. The molecule has 0 radical (unpaired) electrons. The third-order valence-electron chi connectivity index (χ3n) is 3.79. The Balaban J connectivity index is 3.26. The van der Waals surface area contributed by atoms with Crippen molar-refractivity contribution in [2.45, 2.75) is 32.6 Å². The highest BCUT2D eigenvalue weighted by Crippen LogP contribution is 2.32. The lowest BCUT2D eigenvalue weighted by Crippen LogP contribution is -2.48. The summed E-state index contributed by atoms with van der Waals surface area (Å²) in [5, 5.41) is 18.4. The van der Waals surface area contributed by atoms with Crippen molar-refractivity contribution in [3.05, 3.63) is 28.5 Å². The third-order valence-corrected chi connectivity index (χ3v) is 4.23. The fourth-order valence-corrected chi connectivity index (χ4v) is 2.81. The molecule has 0 amide bonds. The second-order valence-corrected chi connectivity index (χ2v) is 6.65. The summed E-state index contributed by atoms with van der Waals surface area (Å²) < 4.78 is 5.00. The first-order valence-corrected chi connectivity index (χ1v) is 8.67. The average Bonchev–Trinajstić information content (AvgIpc) is 2.58. The maximum atomic E-state index is 13.0. The molecule has 10 heteroatoms. The summed E-state index contributed by atoms with van der Waals surface area (Å²) in [7, 11) is 0. The number of carboxylic acids is 2. The fourth-order valence-electron chi connectivity index (χ4n) is 2.44. The molecular formula is C17H18BrNO8. The molecule has 0 aliphatic rings. The van der Waals surface area contributed by atoms with Crippen molar-refractivity contribution in [1.82, 2.24) is 4.98 Å². The minimum atomic E-state index is -2.50. The standard InChI is InChI=1S/C17H18BrNO8/c1-10(20)27-9-13(21)17(16(25)26,5-3-2-4-14(22)23)15(24)11-6-12(18)8-19-7-11/h6-8H,2-5,9H2,1H3,(H,22,23)(H,25,26). The van der Waals surface area contributed by atoms with Gasteiger partial charge < -0.3 is 14.9 Å². The number of nitrogens with zero attached hydrogens (tertiary/aromatic N) is 1. The molecule has 0 aliphatic carbocycles. The van der Waals surface area contributed by atoms with Gasteiger partial charge in [-0.15, -0.1) is 0 Å². The van der Waals surface area contributed by atoms with Crippen molar-refractivity contribution in [2.75, 3.05) is 6.61 Å². The fraction of sp³-hybridized carbons (Fsp3) is 0.412. The highest BCUT2D eigenvalue weighted by Gasteiger charge is 2.52. The topological polar surface area (TPSA) is 148 Å². The molecule has 0 fully saturated rings. The maximum absolute atomic E-state index is 13.0. The van der Waals surface area contributed by atoms with Crippen molar-refractivity contribution >= 4 is 45.4 Å². The van der Waals surface area contributed by atoms with Gasteiger partial charge in [-0.05, 0) is 34.8 Å². The number of esters is 1. The molecule has 1 aromatic heterocycles. The number of ketones is 2. The molecule has 0 aliphatic heterocycles. The Hall–Kier alpha value is -2.62. The highest BCUT2D eigenvalue weighted by molar-refractivity contribution is 9.10. The molecule has 2 N–H and O–H groups in total. The molecule has 1 rings (SSSR count). The van der Waals surface area contributed by atoms with Crippen molar-refractivity contribution < 1.29 is 38.9 Å². The lowest BCUT2D eigenvalue weighted by molar-refractivity contribution is -0.157. The summed E-state index contributed by atoms with van der Waals surface area (Å²) in [5.74, 6) is -5.67. The van der Waals surface area contributed by atoms with E-state index in [1.807, 2.05) is 0 Å². The summed E-state index contributed by atoms with van der Waals surface area (Å²) in [6.45, 7) is 0.163. The summed E-state index contributed by atoms with van der Waals surface area (Å²) in [6, 6.07) is 1.32. The molecular weight excluding hydrogens is 426 g/mol. The zero-order valence-electron chi connectivity index (χ0n) is 14.4. The van der Waals surface area contributed by atoms with E-state index in [-0.39, 0.29) is 24.8 Å². The number of aromatic nitrogens is 1. The Labute approximate surface area is 162 Å². The predicted octanol–water partition coefficient (Wildman–Crippen LogP) is 1.88. The lowest BCUT2D eigenvalue weighted by Gasteiger charge is -2.26. The molecule has 0 saturated carbocycles. The summed E-state index contributed by atoms with van der Waals surface area (Å²) >= 11 is 3.12. The number of hydrogen-bond acceptors (Lipinski definition) is 7. The average molecular weight is 444 g/mol. The second kappa shape index (κ2) is 9.91. The molecule has 1 unspecified atom stereocenters. The Bertz CT molecular complexity index is 763. The van der Waals surface area contributed by atoms with Crippen LogP contribution in [0.4, 0.5) is 0 Å². The van der Waals surface area contributed by atoms with E-state index in [0.29, 0.717) is 4.47 Å². The zero-order chi connectivity index (χ0) is 20.6. The molecule has 0 saturated heterocycles. The molecule has 1 aromatic rings. The molecule has 1 atom stereocenters. The van der Waals surface area contributed by atoms with Crippen LogP contribution >= 0.6 is 15.9 Å². The maximum Gasteiger partial charge on any atom is 0.325 e. The van der Waals surface area contributed by atoms with Crippen LogP contribution in [-0.4, -0.2) is 51.3 Å². The summed E-state index contributed by atoms with van der Waals surface area (Å²) in [6.07, 6.45) is 1.92. The van der Waals surface area contributed by atoms with Crippen molar-refractivity contribution in [3.63, 3.8) is 0 Å². The Morgan fingerprint density at radius 3 is 2.33 bits per heavy atom. The van der Waals surface area contributed by atoms with Gasteiger partial charge in [-0.1, -0.05) is 6.42 Å². The number of aliphatic carboxylic acids is 2. The number of pyridine rings is 1. The summed E-state index contributed by atoms with van der Waals surface area (Å²) in [5.41, 5.74) is -2.61. The van der Waals surface area contributed by atoms with E-state index in [4.69, 9.17) is 5.11 Å². The van der Waals surface area contributed by atoms with E-state index in [9.17, 15) is 29.1 Å². The largest absolute Gasteiger partial charge is 0.481 e. The first-order chi connectivity index (χ1) is 12.6. The molecule has 146 valence electrons. The second-order valence-electron chi connectivity index (χ2n) is 5.74. The molecule has 0 bridgehead atoms. The van der Waals surface area contributed by atoms with Gasteiger partial charge in [-0.2, -0.15) is 0 Å². The molecule has 9 nitrogen and oxygen atoms in total. The molecule has 1 heterocycles. The first-order valence-electron chi connectivity index (χ1n) is 7.88. The van der Waals surface area contributed by atoms with Crippen LogP contribution in [0.2, 0.25) is 0 Å². The normalized spacial score (nSPS) is 12.7. The van der Waals surface area contributed by atoms with Crippen LogP contribution in [-0.2, 0) is 23.9 Å². The number of hydrogen-bond donors (Lipinski definition) is 2. The van der Waals surface area contributed by atoms with Gasteiger partial charge in [0.15, 0.2) is 23.6 Å². The van der Waals surface area contributed by atoms with E-state index in [1.54, 1.807) is 0 Å². The van der Waals surface area contributed by atoms with Crippen LogP contribution in [0.5, 0.6) is 0 Å². The van der Waals surface area contributed by atoms with Gasteiger partial charge in [-0.3, -0.25) is 29.0 Å². The molecule has 0 spiro atoms. The number of ether oxygens (including phenoxy) is 1. The third kappa shape index (κ3) is 5.95. The first kappa shape index (κ1) is 22.4. The van der Waals surface area contributed by atoms with Crippen molar-refractivity contribution in [1.29, 1.82) is 0 Å². The Morgan fingerprint density at radius 2 is 1.81 bits per heavy atom. The van der Waals surface area contributed by atoms with Gasteiger partial charge in [-0.25, -0.2) is 0 Å². The van der Waals surface area contributed by atoms with E-state index < -0.39 is 47.9 Å². The van der Waals surface area contributed by atoms with Gasteiger partial charge in [0, 0.05) is 35.8 Å². The summed E-state index contributed by atoms with van der Waals surface area (Å²) in [4.78, 5) is 63.0. The van der Waals surface area contributed by atoms with Gasteiger partial charge in [0.2, 0.25) is 0 Å². The van der Waals surface area contributed by atoms with Gasteiger partial charge in [0.05, 0.1) is 0 Å². The van der Waals surface area contributed by atoms with Crippen LogP contribution in [0.25, 0.3) is 0 Å². The van der Waals surface area contributed by atoms with Crippen LogP contribution in [0, 0.1) is 5.41 Å². The quantitative estimate of drug-likeness (QED) is 0.226. The minimum absolute atomic E-state index is 0.00240. The monoisotopic (exact) mass is 443 g/mol. The van der Waals surface area contributed by atoms with E-state index >= 15 is 0 Å². The predicted molar refractivity (Wildman–Crippen MR) is 94.1 cm³/mol. The van der Waals surface area contributed by atoms with E-state index in [2.05, 4.69) is 25.7 Å². The number of unbranched alkanes of at least 4 members (excludes halogenated alkanes) is 1. The molecule has 0 aromatic carbocycles. The van der Waals surface area contributed by atoms with E-state index in [1.165, 1.54) is 12.3 Å².